The summed E-state index contributed by atoms with van der Waals surface area (Å²) in [5, 5.41) is 11.8. The summed E-state index contributed by atoms with van der Waals surface area (Å²) in [5.74, 6) is -0.125. The van der Waals surface area contributed by atoms with Crippen molar-refractivity contribution in [2.45, 2.75) is 56.7 Å². The number of ether oxygens (including phenoxy) is 1. The molecule has 0 N–H and O–H groups in total. The van der Waals surface area contributed by atoms with Crippen LogP contribution in [0, 0.1) is 0 Å². The van der Waals surface area contributed by atoms with Gasteiger partial charge in [-0.3, -0.25) is 4.79 Å². The van der Waals surface area contributed by atoms with Crippen LogP contribution in [0.25, 0.3) is 5.69 Å². The van der Waals surface area contributed by atoms with E-state index < -0.39 is 6.36 Å². The molecule has 0 spiro atoms. The normalized spacial score (nSPS) is 20.2. The standard InChI is InChI=1S/C17H20F3N5O2S/c1-11-4-3-5-12(2)24(11)15(26)10-28-16-21-22-23-25(16)13-6-8-14(9-7-13)27-17(18,19)20/h6-9,11-12H,3-5,10H2,1-2H3/t11-,12-/m0/s1. The number of carbonyl (C=O) groups excluding carboxylic acids is 1. The van der Waals surface area contributed by atoms with Crippen LogP contribution in [-0.4, -0.2) is 55.2 Å². The van der Waals surface area contributed by atoms with Gasteiger partial charge in [-0.05, 0) is 67.8 Å². The number of alkyl halides is 3. The van der Waals surface area contributed by atoms with Gasteiger partial charge in [-0.15, -0.1) is 18.3 Å². The minimum absolute atomic E-state index is 0.0215. The Hall–Kier alpha value is -2.30. The summed E-state index contributed by atoms with van der Waals surface area (Å²) in [5.41, 5.74) is 0.467. The third-order valence-corrected chi connectivity index (χ3v) is 5.47. The SMILES string of the molecule is C[C@H]1CCC[C@H](C)N1C(=O)CSc1nnnn1-c1ccc(OC(F)(F)F)cc1. The molecule has 1 aromatic heterocycles. The Labute approximate surface area is 164 Å². The Bertz CT molecular complexity index is 802. The smallest absolute Gasteiger partial charge is 0.406 e. The average Bonchev–Trinajstić information content (AvgIpc) is 3.07. The first-order chi connectivity index (χ1) is 13.2. The number of hydrogen-bond donors (Lipinski definition) is 0. The van der Waals surface area contributed by atoms with Crippen LogP contribution in [0.1, 0.15) is 33.1 Å². The van der Waals surface area contributed by atoms with E-state index in [1.54, 1.807) is 0 Å². The molecular formula is C17H20F3N5O2S. The molecular weight excluding hydrogens is 395 g/mol. The highest BCUT2D eigenvalue weighted by molar-refractivity contribution is 7.99. The van der Waals surface area contributed by atoms with Gasteiger partial charge in [0.1, 0.15) is 5.75 Å². The van der Waals surface area contributed by atoms with Crippen LogP contribution in [-0.2, 0) is 4.79 Å². The number of piperidine rings is 1. The number of likely N-dealkylation sites (tertiary alicyclic amines) is 1. The Morgan fingerprint density at radius 3 is 2.46 bits per heavy atom. The second kappa shape index (κ2) is 8.38. The number of aromatic nitrogens is 4. The number of tetrazole rings is 1. The fourth-order valence-electron chi connectivity index (χ4n) is 3.33. The Morgan fingerprint density at radius 2 is 1.86 bits per heavy atom. The molecule has 28 heavy (non-hydrogen) atoms. The molecule has 2 heterocycles. The lowest BCUT2D eigenvalue weighted by Gasteiger charge is -2.39. The number of rotatable bonds is 5. The number of amides is 1. The first-order valence-corrected chi connectivity index (χ1v) is 9.81. The van der Waals surface area contributed by atoms with Crippen molar-refractivity contribution in [2.75, 3.05) is 5.75 Å². The van der Waals surface area contributed by atoms with Crippen molar-refractivity contribution < 1.29 is 22.7 Å². The quantitative estimate of drug-likeness (QED) is 0.697. The van der Waals surface area contributed by atoms with Gasteiger partial charge in [0.15, 0.2) is 0 Å². The van der Waals surface area contributed by atoms with Gasteiger partial charge in [0.25, 0.3) is 0 Å². The third-order valence-electron chi connectivity index (χ3n) is 4.56. The van der Waals surface area contributed by atoms with Gasteiger partial charge in [-0.2, -0.15) is 4.68 Å². The van der Waals surface area contributed by atoms with E-state index in [2.05, 4.69) is 20.3 Å². The molecule has 0 unspecified atom stereocenters. The van der Waals surface area contributed by atoms with Crippen molar-refractivity contribution in [1.29, 1.82) is 0 Å². The first-order valence-electron chi connectivity index (χ1n) is 8.83. The van der Waals surface area contributed by atoms with Gasteiger partial charge >= 0.3 is 6.36 Å². The van der Waals surface area contributed by atoms with E-state index in [1.165, 1.54) is 40.7 Å². The van der Waals surface area contributed by atoms with Crippen molar-refractivity contribution in [3.05, 3.63) is 24.3 Å². The molecule has 11 heteroatoms. The number of thioether (sulfide) groups is 1. The Balaban J connectivity index is 1.66. The summed E-state index contributed by atoms with van der Waals surface area (Å²) in [7, 11) is 0. The van der Waals surface area contributed by atoms with E-state index in [0.29, 0.717) is 10.8 Å². The molecule has 2 atom stereocenters. The van der Waals surface area contributed by atoms with Crippen LogP contribution in [0.2, 0.25) is 0 Å². The van der Waals surface area contributed by atoms with Gasteiger partial charge in [-0.1, -0.05) is 11.8 Å². The van der Waals surface area contributed by atoms with Crippen LogP contribution < -0.4 is 4.74 Å². The number of hydrogen-bond acceptors (Lipinski definition) is 6. The summed E-state index contributed by atoms with van der Waals surface area (Å²) in [4.78, 5) is 14.6. The summed E-state index contributed by atoms with van der Waals surface area (Å²) in [6, 6.07) is 5.60. The molecule has 0 aliphatic carbocycles. The minimum Gasteiger partial charge on any atom is -0.406 e. The highest BCUT2D eigenvalue weighted by Gasteiger charge is 2.31. The lowest BCUT2D eigenvalue weighted by atomic mass is 9.98. The van der Waals surface area contributed by atoms with Gasteiger partial charge in [0.2, 0.25) is 11.1 Å². The summed E-state index contributed by atoms with van der Waals surface area (Å²) < 4.78 is 42.0. The fourth-order valence-corrected chi connectivity index (χ4v) is 4.09. The molecule has 152 valence electrons. The minimum atomic E-state index is -4.75. The molecule has 3 rings (SSSR count). The lowest BCUT2D eigenvalue weighted by Crippen LogP contribution is -2.48. The van der Waals surface area contributed by atoms with Crippen molar-refractivity contribution in [3.63, 3.8) is 0 Å². The third kappa shape index (κ3) is 4.94. The van der Waals surface area contributed by atoms with Crippen LogP contribution in [0.4, 0.5) is 13.2 Å². The first kappa shape index (κ1) is 20.4. The Kier molecular flexibility index (Phi) is 6.11. The lowest BCUT2D eigenvalue weighted by molar-refractivity contribution is -0.274. The van der Waals surface area contributed by atoms with E-state index in [1.807, 2.05) is 18.7 Å². The second-order valence-electron chi connectivity index (χ2n) is 6.63. The molecule has 1 aliphatic heterocycles. The second-order valence-corrected chi connectivity index (χ2v) is 7.58. The molecule has 0 saturated carbocycles. The summed E-state index contributed by atoms with van der Waals surface area (Å²) in [6.45, 7) is 4.10. The zero-order valence-corrected chi connectivity index (χ0v) is 16.2. The van der Waals surface area contributed by atoms with E-state index in [9.17, 15) is 18.0 Å². The molecule has 0 radical (unpaired) electrons. The molecule has 7 nitrogen and oxygen atoms in total. The topological polar surface area (TPSA) is 73.1 Å². The molecule has 1 saturated heterocycles. The van der Waals surface area contributed by atoms with Gasteiger partial charge in [0, 0.05) is 12.1 Å². The highest BCUT2D eigenvalue weighted by Crippen LogP contribution is 2.27. The molecule has 1 fully saturated rings. The predicted octanol–water partition coefficient (Wildman–Crippen LogP) is 3.44. The monoisotopic (exact) mass is 415 g/mol. The van der Waals surface area contributed by atoms with Crippen LogP contribution >= 0.6 is 11.8 Å². The molecule has 0 bridgehead atoms. The van der Waals surface area contributed by atoms with Crippen molar-refractivity contribution in [1.82, 2.24) is 25.1 Å². The average molecular weight is 415 g/mol. The van der Waals surface area contributed by atoms with Crippen LogP contribution in [0.5, 0.6) is 5.75 Å². The number of carbonyl (C=O) groups is 1. The van der Waals surface area contributed by atoms with Crippen molar-refractivity contribution >= 4 is 17.7 Å². The van der Waals surface area contributed by atoms with Crippen molar-refractivity contribution in [3.8, 4) is 11.4 Å². The number of benzene rings is 1. The largest absolute Gasteiger partial charge is 0.573 e. The van der Waals surface area contributed by atoms with Gasteiger partial charge in [0.05, 0.1) is 11.4 Å². The van der Waals surface area contributed by atoms with Crippen LogP contribution in [0.15, 0.2) is 29.4 Å². The molecule has 2 aromatic rings. The van der Waals surface area contributed by atoms with Gasteiger partial charge < -0.3 is 9.64 Å². The van der Waals surface area contributed by atoms with E-state index in [0.717, 1.165) is 19.3 Å². The van der Waals surface area contributed by atoms with Crippen LogP contribution in [0.3, 0.4) is 0 Å². The van der Waals surface area contributed by atoms with Gasteiger partial charge in [-0.25, -0.2) is 0 Å². The molecule has 1 amide bonds. The molecule has 1 aliphatic rings. The Morgan fingerprint density at radius 1 is 1.21 bits per heavy atom. The summed E-state index contributed by atoms with van der Waals surface area (Å²) >= 11 is 1.19. The predicted molar refractivity (Wildman–Crippen MR) is 96.2 cm³/mol. The highest BCUT2D eigenvalue weighted by atomic mass is 32.2. The zero-order valence-electron chi connectivity index (χ0n) is 15.4. The van der Waals surface area contributed by atoms with E-state index in [-0.39, 0.29) is 29.5 Å². The van der Waals surface area contributed by atoms with Crippen molar-refractivity contribution in [2.24, 2.45) is 0 Å². The summed E-state index contributed by atoms with van der Waals surface area (Å²) in [6.07, 6.45) is -1.65. The maximum absolute atomic E-state index is 12.6. The van der Waals surface area contributed by atoms with E-state index >= 15 is 0 Å². The maximum atomic E-state index is 12.6. The number of nitrogens with zero attached hydrogens (tertiary/aromatic N) is 5. The number of halogens is 3. The van der Waals surface area contributed by atoms with E-state index in [4.69, 9.17) is 0 Å². The fraction of sp³-hybridized carbons (Fsp3) is 0.529. The molecule has 1 aromatic carbocycles. The maximum Gasteiger partial charge on any atom is 0.573 e. The zero-order chi connectivity index (χ0) is 20.3.